The lowest BCUT2D eigenvalue weighted by Gasteiger charge is -2.31. The first-order valence-electron chi connectivity index (χ1n) is 14.0. The monoisotopic (exact) mass is 705 g/mol. The van der Waals surface area contributed by atoms with Crippen molar-refractivity contribution in [3.8, 4) is 0 Å². The number of Topliss-reactive ketones (excluding diaryl/α,β-unsaturated/α-hetero) is 1. The number of nitrogens with one attached hydrogen (secondary N) is 2. The molecule has 46 heavy (non-hydrogen) atoms. The first-order chi connectivity index (χ1) is 21.4. The zero-order chi connectivity index (χ0) is 34.4. The number of ketones is 1. The highest BCUT2D eigenvalue weighted by Gasteiger charge is 2.52. The Hall–Kier alpha value is -3.25. The number of amides is 2. The first kappa shape index (κ1) is 37.2. The largest absolute Gasteiger partial charge is 0.405 e. The van der Waals surface area contributed by atoms with Crippen molar-refractivity contribution in [2.24, 2.45) is 11.7 Å². The third-order valence-corrected chi connectivity index (χ3v) is 7.92. The Morgan fingerprint density at radius 3 is 1.87 bits per heavy atom. The minimum absolute atomic E-state index is 0.109. The standard InChI is InChI=1S/C32H31Cl3F5N3O3/c1-17(2)27(28(44)32(39,40)30(46)42-16-31(36,37)38)43-29(45)26(19-8-10-21(33)11-9-19)25(41)15-24(18-6-4-3-5-7-18)20-12-22(34)14-23(35)13-20/h3-14,17,24-27H,15-16,41H2,1-2H3,(H,42,46)(H,43,45)/t24-,25?,26+,27+/m1/s1. The zero-order valence-electron chi connectivity index (χ0n) is 24.6. The molecule has 3 aromatic carbocycles. The van der Waals surface area contributed by atoms with E-state index in [-0.39, 0.29) is 6.42 Å². The van der Waals surface area contributed by atoms with Gasteiger partial charge in [0.2, 0.25) is 11.7 Å². The predicted octanol–water partition coefficient (Wildman–Crippen LogP) is 7.30. The Morgan fingerprint density at radius 1 is 0.783 bits per heavy atom. The normalized spacial score (nSPS) is 14.7. The van der Waals surface area contributed by atoms with Crippen molar-refractivity contribution >= 4 is 52.4 Å². The van der Waals surface area contributed by atoms with Gasteiger partial charge in [-0.3, -0.25) is 14.4 Å². The average molecular weight is 707 g/mol. The third kappa shape index (κ3) is 9.87. The van der Waals surface area contributed by atoms with Gasteiger partial charge in [0.15, 0.2) is 0 Å². The fourth-order valence-corrected chi connectivity index (χ4v) is 5.64. The molecule has 3 rings (SSSR count). The molecule has 0 spiro atoms. The van der Waals surface area contributed by atoms with E-state index in [0.29, 0.717) is 26.2 Å². The van der Waals surface area contributed by atoms with E-state index in [0.717, 1.165) is 10.9 Å². The van der Waals surface area contributed by atoms with Crippen LogP contribution in [0.4, 0.5) is 22.0 Å². The minimum atomic E-state index is -4.99. The maximum absolute atomic E-state index is 14.8. The molecule has 0 heterocycles. The Labute approximate surface area is 277 Å². The quantitative estimate of drug-likeness (QED) is 0.128. The number of nitrogens with two attached hydrogens (primary N) is 1. The van der Waals surface area contributed by atoms with Crippen molar-refractivity contribution in [2.45, 2.75) is 56.3 Å². The van der Waals surface area contributed by atoms with Crippen molar-refractivity contribution in [1.29, 1.82) is 0 Å². The van der Waals surface area contributed by atoms with Gasteiger partial charge in [0.25, 0.3) is 5.91 Å². The molecule has 0 aromatic heterocycles. The van der Waals surface area contributed by atoms with Crippen LogP contribution < -0.4 is 16.4 Å². The number of hydrogen-bond acceptors (Lipinski definition) is 4. The number of carbonyl (C=O) groups excluding carboxylic acids is 3. The van der Waals surface area contributed by atoms with Crippen molar-refractivity contribution in [3.63, 3.8) is 0 Å². The highest BCUT2D eigenvalue weighted by atomic mass is 35.5. The molecule has 2 amide bonds. The molecule has 14 heteroatoms. The number of hydrogen-bond donors (Lipinski definition) is 3. The zero-order valence-corrected chi connectivity index (χ0v) is 26.8. The Morgan fingerprint density at radius 2 is 1.35 bits per heavy atom. The van der Waals surface area contributed by atoms with E-state index in [1.165, 1.54) is 38.1 Å². The van der Waals surface area contributed by atoms with Gasteiger partial charge in [0.1, 0.15) is 6.54 Å². The summed E-state index contributed by atoms with van der Waals surface area (Å²) < 4.78 is 67.3. The summed E-state index contributed by atoms with van der Waals surface area (Å²) in [5.74, 6) is -13.0. The molecule has 6 nitrogen and oxygen atoms in total. The lowest BCUT2D eigenvalue weighted by Crippen LogP contribution is -2.58. The van der Waals surface area contributed by atoms with E-state index in [1.807, 2.05) is 30.3 Å². The van der Waals surface area contributed by atoms with Crippen molar-refractivity contribution in [1.82, 2.24) is 10.6 Å². The molecule has 0 aliphatic rings. The van der Waals surface area contributed by atoms with Crippen LogP contribution in [-0.4, -0.2) is 48.3 Å². The summed E-state index contributed by atoms with van der Waals surface area (Å²) in [6.45, 7) is 0.595. The molecular formula is C32H31Cl3F5N3O3. The van der Waals surface area contributed by atoms with Crippen LogP contribution in [0.5, 0.6) is 0 Å². The second-order valence-electron chi connectivity index (χ2n) is 11.1. The second kappa shape index (κ2) is 15.6. The fourth-order valence-electron chi connectivity index (χ4n) is 4.97. The van der Waals surface area contributed by atoms with Gasteiger partial charge in [-0.1, -0.05) is 91.1 Å². The van der Waals surface area contributed by atoms with Crippen molar-refractivity contribution in [2.75, 3.05) is 6.54 Å². The van der Waals surface area contributed by atoms with E-state index in [2.05, 4.69) is 5.32 Å². The maximum atomic E-state index is 14.8. The molecule has 0 saturated carbocycles. The van der Waals surface area contributed by atoms with Crippen LogP contribution in [0.1, 0.15) is 48.8 Å². The van der Waals surface area contributed by atoms with Crippen molar-refractivity contribution in [3.05, 3.63) is 105 Å². The number of benzene rings is 3. The maximum Gasteiger partial charge on any atom is 0.405 e. The molecule has 0 fully saturated rings. The van der Waals surface area contributed by atoms with Crippen LogP contribution >= 0.6 is 34.8 Å². The Balaban J connectivity index is 1.98. The molecule has 0 radical (unpaired) electrons. The summed E-state index contributed by atoms with van der Waals surface area (Å²) in [7, 11) is 0. The lowest BCUT2D eigenvalue weighted by molar-refractivity contribution is -0.165. The third-order valence-electron chi connectivity index (χ3n) is 7.23. The number of carbonyl (C=O) groups is 3. The minimum Gasteiger partial charge on any atom is -0.345 e. The first-order valence-corrected chi connectivity index (χ1v) is 15.1. The molecule has 0 bridgehead atoms. The highest BCUT2D eigenvalue weighted by molar-refractivity contribution is 6.34. The fraction of sp³-hybridized carbons (Fsp3) is 0.344. The van der Waals surface area contributed by atoms with E-state index >= 15 is 0 Å². The van der Waals surface area contributed by atoms with E-state index < -0.39 is 66.1 Å². The van der Waals surface area contributed by atoms with E-state index in [4.69, 9.17) is 40.5 Å². The van der Waals surface area contributed by atoms with Gasteiger partial charge in [0, 0.05) is 27.0 Å². The molecule has 4 atom stereocenters. The molecule has 3 aromatic rings. The van der Waals surface area contributed by atoms with Gasteiger partial charge in [-0.05, 0) is 59.4 Å². The van der Waals surface area contributed by atoms with E-state index in [9.17, 15) is 36.3 Å². The lowest BCUT2D eigenvalue weighted by atomic mass is 9.80. The topological polar surface area (TPSA) is 101 Å². The van der Waals surface area contributed by atoms with Crippen molar-refractivity contribution < 1.29 is 36.3 Å². The Kier molecular flexibility index (Phi) is 12.6. The summed E-state index contributed by atoms with van der Waals surface area (Å²) in [4.78, 5) is 38.8. The molecule has 1 unspecified atom stereocenters. The molecule has 0 aliphatic carbocycles. The van der Waals surface area contributed by atoms with Gasteiger partial charge in [-0.25, -0.2) is 0 Å². The molecular weight excluding hydrogens is 676 g/mol. The summed E-state index contributed by atoms with van der Waals surface area (Å²) in [6.07, 6.45) is -4.88. The summed E-state index contributed by atoms with van der Waals surface area (Å²) in [6, 6.07) is 17.2. The molecule has 4 N–H and O–H groups in total. The molecule has 0 saturated heterocycles. The highest BCUT2D eigenvalue weighted by Crippen LogP contribution is 2.36. The van der Waals surface area contributed by atoms with Crippen LogP contribution in [0.3, 0.4) is 0 Å². The van der Waals surface area contributed by atoms with Crippen LogP contribution in [-0.2, 0) is 14.4 Å². The number of halogens is 8. The second-order valence-corrected chi connectivity index (χ2v) is 12.4. The number of rotatable bonds is 13. The summed E-state index contributed by atoms with van der Waals surface area (Å²) >= 11 is 18.6. The van der Waals surface area contributed by atoms with Crippen LogP contribution in [0.25, 0.3) is 0 Å². The van der Waals surface area contributed by atoms with Crippen LogP contribution in [0.15, 0.2) is 72.8 Å². The van der Waals surface area contributed by atoms with Gasteiger partial charge < -0.3 is 16.4 Å². The summed E-state index contributed by atoms with van der Waals surface area (Å²) in [5.41, 5.74) is 8.56. The van der Waals surface area contributed by atoms with Crippen LogP contribution in [0, 0.1) is 5.92 Å². The van der Waals surface area contributed by atoms with Gasteiger partial charge in [-0.2, -0.15) is 22.0 Å². The average Bonchev–Trinajstić information content (AvgIpc) is 2.97. The molecule has 0 aliphatic heterocycles. The van der Waals surface area contributed by atoms with Gasteiger partial charge in [0.05, 0.1) is 12.0 Å². The smallest absolute Gasteiger partial charge is 0.345 e. The predicted molar refractivity (Wildman–Crippen MR) is 167 cm³/mol. The van der Waals surface area contributed by atoms with Gasteiger partial charge in [-0.15, -0.1) is 0 Å². The summed E-state index contributed by atoms with van der Waals surface area (Å²) in [5, 5.41) is 4.38. The van der Waals surface area contributed by atoms with Crippen LogP contribution in [0.2, 0.25) is 15.1 Å². The van der Waals surface area contributed by atoms with E-state index in [1.54, 1.807) is 18.2 Å². The molecule has 248 valence electrons. The van der Waals surface area contributed by atoms with Gasteiger partial charge >= 0.3 is 12.1 Å². The SMILES string of the molecule is CC(C)[C@H](NC(=O)[C@@H](c1ccc(Cl)cc1)C(N)C[C@H](c1ccccc1)c1cc(Cl)cc(Cl)c1)C(=O)C(F)(F)C(=O)NCC(F)(F)F. The number of alkyl halides is 5. The Bertz CT molecular complexity index is 1500.